The average molecular weight is 149 g/mol. The minimum atomic E-state index is 0.429. The van der Waals surface area contributed by atoms with Gasteiger partial charge in [-0.1, -0.05) is 17.3 Å². The van der Waals surface area contributed by atoms with Gasteiger partial charge in [-0.05, 0) is 17.7 Å². The lowest BCUT2D eigenvalue weighted by atomic mass is 10.1. The van der Waals surface area contributed by atoms with Gasteiger partial charge in [0.2, 0.25) is 0 Å². The van der Waals surface area contributed by atoms with E-state index >= 15 is 0 Å². The maximum Gasteiger partial charge on any atom is 0.0737 e. The number of nitrogens with zero attached hydrogens (tertiary/aromatic N) is 1. The predicted octanol–water partition coefficient (Wildman–Crippen LogP) is 0.754. The summed E-state index contributed by atoms with van der Waals surface area (Å²) in [5.41, 5.74) is 7.17. The molecule has 0 aliphatic carbocycles. The van der Waals surface area contributed by atoms with Gasteiger partial charge >= 0.3 is 0 Å². The molecule has 0 unspecified atom stereocenters. The second kappa shape index (κ2) is 3.73. The van der Waals surface area contributed by atoms with Crippen LogP contribution in [0.3, 0.4) is 0 Å². The summed E-state index contributed by atoms with van der Waals surface area (Å²) in [7, 11) is 0. The number of oxime groups is 1. The molecule has 1 rings (SSSR count). The maximum atomic E-state index is 8.26. The fourth-order valence-corrected chi connectivity index (χ4v) is 0.842. The van der Waals surface area contributed by atoms with Crippen molar-refractivity contribution in [1.82, 2.24) is 0 Å². The zero-order valence-electron chi connectivity index (χ0n) is 5.99. The molecule has 0 atom stereocenters. The molecule has 1 aromatic carbocycles. The lowest BCUT2D eigenvalue weighted by molar-refractivity contribution is 0.322. The summed E-state index contributed by atoms with van der Waals surface area (Å²) in [6.07, 6.45) is 1.36. The van der Waals surface area contributed by atoms with Crippen molar-refractivity contribution < 1.29 is 5.21 Å². The zero-order valence-corrected chi connectivity index (χ0v) is 5.99. The first-order chi connectivity index (χ1) is 5.38. The Bertz CT molecular complexity index is 258. The van der Waals surface area contributed by atoms with Crippen molar-refractivity contribution in [2.45, 2.75) is 6.54 Å². The van der Waals surface area contributed by atoms with Gasteiger partial charge in [0.25, 0.3) is 0 Å². The molecule has 0 spiro atoms. The van der Waals surface area contributed by atoms with Crippen molar-refractivity contribution >= 4 is 6.21 Å². The molecule has 0 aromatic heterocycles. The van der Waals surface area contributed by atoms with Crippen LogP contribution in [-0.4, -0.2) is 11.4 Å². The Hall–Kier alpha value is -1.35. The molecule has 3 N–H and O–H groups in total. The molecule has 0 saturated heterocycles. The highest BCUT2D eigenvalue weighted by Gasteiger charge is 1.94. The van der Waals surface area contributed by atoms with Crippen LogP contribution < -0.4 is 5.73 Å². The Morgan fingerprint density at radius 2 is 2.55 bits per heavy atom. The molecule has 0 heterocycles. The smallest absolute Gasteiger partial charge is 0.0737 e. The number of hydrogen-bond acceptors (Lipinski definition) is 3. The first-order valence-corrected chi connectivity index (χ1v) is 3.25. The van der Waals surface area contributed by atoms with Crippen LogP contribution >= 0.6 is 0 Å². The van der Waals surface area contributed by atoms with Gasteiger partial charge in [0.15, 0.2) is 0 Å². The summed E-state index contributed by atoms with van der Waals surface area (Å²) in [5.74, 6) is 0. The van der Waals surface area contributed by atoms with E-state index in [9.17, 15) is 0 Å². The van der Waals surface area contributed by atoms with Gasteiger partial charge in [0, 0.05) is 12.1 Å². The molecular formula is C8H9N2O. The van der Waals surface area contributed by atoms with E-state index in [-0.39, 0.29) is 0 Å². The average Bonchev–Trinajstić information content (AvgIpc) is 2.06. The van der Waals surface area contributed by atoms with Crippen LogP contribution in [-0.2, 0) is 6.54 Å². The van der Waals surface area contributed by atoms with E-state index in [1.54, 1.807) is 18.2 Å². The quantitative estimate of drug-likeness (QED) is 0.370. The molecule has 0 amide bonds. The minimum absolute atomic E-state index is 0.429. The van der Waals surface area contributed by atoms with Crippen LogP contribution in [0.4, 0.5) is 0 Å². The van der Waals surface area contributed by atoms with Crippen LogP contribution in [0, 0.1) is 6.07 Å². The summed E-state index contributed by atoms with van der Waals surface area (Å²) in [5, 5.41) is 11.2. The van der Waals surface area contributed by atoms with Gasteiger partial charge in [-0.2, -0.15) is 0 Å². The molecule has 0 aliphatic rings. The molecular weight excluding hydrogens is 140 g/mol. The van der Waals surface area contributed by atoms with Crippen LogP contribution in [0.1, 0.15) is 11.1 Å². The van der Waals surface area contributed by atoms with Crippen molar-refractivity contribution in [2.24, 2.45) is 10.9 Å². The first kappa shape index (κ1) is 7.75. The highest BCUT2D eigenvalue weighted by Crippen LogP contribution is 2.03. The highest BCUT2D eigenvalue weighted by atomic mass is 16.4. The van der Waals surface area contributed by atoms with E-state index in [0.29, 0.717) is 6.54 Å². The summed E-state index contributed by atoms with van der Waals surface area (Å²) in [6.45, 7) is 0.429. The Balaban J connectivity index is 3.02. The third kappa shape index (κ3) is 1.78. The van der Waals surface area contributed by atoms with Crippen LogP contribution in [0.5, 0.6) is 0 Å². The van der Waals surface area contributed by atoms with E-state index in [2.05, 4.69) is 11.2 Å². The van der Waals surface area contributed by atoms with Gasteiger partial charge in [-0.15, -0.1) is 0 Å². The normalized spacial score (nSPS) is 10.6. The van der Waals surface area contributed by atoms with Crippen molar-refractivity contribution in [3.8, 4) is 0 Å². The van der Waals surface area contributed by atoms with E-state index < -0.39 is 0 Å². The first-order valence-electron chi connectivity index (χ1n) is 3.25. The number of nitrogens with two attached hydrogens (primary N) is 1. The molecule has 0 aliphatic heterocycles. The van der Waals surface area contributed by atoms with Crippen molar-refractivity contribution in [3.05, 3.63) is 35.4 Å². The summed E-state index contributed by atoms with van der Waals surface area (Å²) >= 11 is 0. The van der Waals surface area contributed by atoms with E-state index in [4.69, 9.17) is 10.9 Å². The fourth-order valence-electron chi connectivity index (χ4n) is 0.842. The predicted molar refractivity (Wildman–Crippen MR) is 42.5 cm³/mol. The zero-order chi connectivity index (χ0) is 8.10. The molecule has 0 bridgehead atoms. The number of rotatable bonds is 2. The highest BCUT2D eigenvalue weighted by molar-refractivity contribution is 5.81. The number of benzene rings is 1. The van der Waals surface area contributed by atoms with Crippen LogP contribution in [0.2, 0.25) is 0 Å². The Kier molecular flexibility index (Phi) is 2.63. The van der Waals surface area contributed by atoms with Crippen molar-refractivity contribution in [1.29, 1.82) is 0 Å². The second-order valence-corrected chi connectivity index (χ2v) is 2.07. The lowest BCUT2D eigenvalue weighted by Crippen LogP contribution is -2.00. The largest absolute Gasteiger partial charge is 0.411 e. The van der Waals surface area contributed by atoms with Gasteiger partial charge in [-0.3, -0.25) is 0 Å². The molecule has 1 aromatic rings. The minimum Gasteiger partial charge on any atom is -0.411 e. The monoisotopic (exact) mass is 149 g/mol. The molecule has 1 radical (unpaired) electrons. The van der Waals surface area contributed by atoms with Crippen LogP contribution in [0.15, 0.2) is 23.4 Å². The molecule has 3 heteroatoms. The molecule has 11 heavy (non-hydrogen) atoms. The molecule has 0 fully saturated rings. The lowest BCUT2D eigenvalue weighted by Gasteiger charge is -1.98. The molecule has 57 valence electrons. The summed E-state index contributed by atoms with van der Waals surface area (Å²) in [6, 6.07) is 8.20. The van der Waals surface area contributed by atoms with E-state index in [0.717, 1.165) is 11.1 Å². The standard InChI is InChI=1S/C8H9N2O/c9-5-7-3-1-2-4-8(7)6-10-11/h2-4,6,11H,5,9H2. The summed E-state index contributed by atoms with van der Waals surface area (Å²) in [4.78, 5) is 0. The molecule has 3 nitrogen and oxygen atoms in total. The maximum absolute atomic E-state index is 8.26. The van der Waals surface area contributed by atoms with E-state index in [1.807, 2.05) is 0 Å². The second-order valence-electron chi connectivity index (χ2n) is 2.07. The topological polar surface area (TPSA) is 58.6 Å². The van der Waals surface area contributed by atoms with Crippen LogP contribution in [0.25, 0.3) is 0 Å². The van der Waals surface area contributed by atoms with Gasteiger partial charge in [0.1, 0.15) is 0 Å². The SMILES string of the molecule is NCc1c[c]ccc1C=NO. The van der Waals surface area contributed by atoms with Crippen molar-refractivity contribution in [2.75, 3.05) is 0 Å². The Labute approximate surface area is 65.1 Å². The molecule has 0 saturated carbocycles. The van der Waals surface area contributed by atoms with Gasteiger partial charge < -0.3 is 10.9 Å². The van der Waals surface area contributed by atoms with Gasteiger partial charge in [0.05, 0.1) is 6.21 Å². The van der Waals surface area contributed by atoms with Crippen molar-refractivity contribution in [3.63, 3.8) is 0 Å². The third-order valence-electron chi connectivity index (χ3n) is 1.40. The Morgan fingerprint density at radius 1 is 1.73 bits per heavy atom. The van der Waals surface area contributed by atoms with Gasteiger partial charge in [-0.25, -0.2) is 0 Å². The number of hydrogen-bond donors (Lipinski definition) is 2. The third-order valence-corrected chi connectivity index (χ3v) is 1.40. The summed E-state index contributed by atoms with van der Waals surface area (Å²) < 4.78 is 0. The van der Waals surface area contributed by atoms with E-state index in [1.165, 1.54) is 6.21 Å². The fraction of sp³-hybridized carbons (Fsp3) is 0.125. The Morgan fingerprint density at radius 3 is 3.18 bits per heavy atom.